The van der Waals surface area contributed by atoms with Crippen molar-refractivity contribution in [1.29, 1.82) is 0 Å². The zero-order valence-corrected chi connectivity index (χ0v) is 62.9. The van der Waals surface area contributed by atoms with Crippen LogP contribution in [-0.2, 0) is 98.6 Å². The van der Waals surface area contributed by atoms with Gasteiger partial charge >= 0.3 is 48.7 Å². The molecule has 0 spiro atoms. The van der Waals surface area contributed by atoms with E-state index in [1.54, 1.807) is 66.3 Å². The van der Waals surface area contributed by atoms with Gasteiger partial charge in [0.1, 0.15) is 42.7 Å². The lowest BCUT2D eigenvalue weighted by Gasteiger charge is -2.19. The Balaban J connectivity index is 0.000000530. The largest absolute Gasteiger partial charge is 0.444 e. The van der Waals surface area contributed by atoms with Crippen molar-refractivity contribution >= 4 is 48.7 Å². The van der Waals surface area contributed by atoms with Gasteiger partial charge in [0.2, 0.25) is 0 Å². The Morgan fingerprint density at radius 3 is 0.755 bits per heavy atom. The first kappa shape index (κ1) is 93.6. The van der Waals surface area contributed by atoms with Crippen LogP contribution in [0.15, 0.2) is 159 Å². The van der Waals surface area contributed by atoms with Gasteiger partial charge in [-0.1, -0.05) is 164 Å². The topological polar surface area (TPSA) is 440 Å². The molecule has 31 heteroatoms. The summed E-state index contributed by atoms with van der Waals surface area (Å²) >= 11 is 0. The summed E-state index contributed by atoms with van der Waals surface area (Å²) in [6, 6.07) is 37.5. The van der Waals surface area contributed by atoms with Crippen LogP contribution in [0.1, 0.15) is 125 Å². The molecule has 7 amide bonds. The fourth-order valence-electron chi connectivity index (χ4n) is 8.27. The highest BCUT2D eigenvalue weighted by atomic mass is 16.6. The lowest BCUT2D eigenvalue weighted by Crippen LogP contribution is -2.32. The molecular formula is C79H104N14O17. The molecule has 0 aliphatic heterocycles. The number of hydrogen-bond acceptors (Lipinski definition) is 22. The molecule has 7 aromatic rings. The molecule has 0 fully saturated rings. The maximum atomic E-state index is 12.0. The zero-order chi connectivity index (χ0) is 80.3. The summed E-state index contributed by atoms with van der Waals surface area (Å²) in [5.41, 5.74) is 24.3. The number of rotatable bonds is 21. The number of nitrogens with one attached hydrogen (secondary N) is 7. The molecule has 0 aliphatic carbocycles. The summed E-state index contributed by atoms with van der Waals surface area (Å²) in [6.45, 7) is 18.8. The van der Waals surface area contributed by atoms with Gasteiger partial charge in [0.25, 0.3) is 0 Å². The quantitative estimate of drug-likeness (QED) is 0.0236. The highest BCUT2D eigenvalue weighted by Gasteiger charge is 2.19. The van der Waals surface area contributed by atoms with Gasteiger partial charge in [-0.25, -0.2) is 48.3 Å². The van der Waals surface area contributed by atoms with Crippen LogP contribution in [0.4, 0.5) is 38.4 Å². The third-order valence-electron chi connectivity index (χ3n) is 13.0. The second-order valence-corrected chi connectivity index (χ2v) is 25.6. The van der Waals surface area contributed by atoms with Gasteiger partial charge in [-0.2, -0.15) is 0 Å². The van der Waals surface area contributed by atoms with Gasteiger partial charge in [0.15, 0.2) is 26.4 Å². The van der Waals surface area contributed by atoms with E-state index in [1.165, 1.54) is 21.8 Å². The zero-order valence-electron chi connectivity index (χ0n) is 62.9. The number of aliphatic hydroxyl groups is 2. The van der Waals surface area contributed by atoms with E-state index in [0.717, 1.165) is 55.6 Å². The highest BCUT2D eigenvalue weighted by Crippen LogP contribution is 2.13. The van der Waals surface area contributed by atoms with Crippen LogP contribution in [-0.4, -0.2) is 134 Å². The highest BCUT2D eigenvalue weighted by molar-refractivity contribution is 5.78. The molecule has 0 atom stereocenters. The van der Waals surface area contributed by atoms with Crippen LogP contribution in [0.5, 0.6) is 0 Å². The van der Waals surface area contributed by atoms with Crippen molar-refractivity contribution in [3.8, 4) is 35.5 Å². The Morgan fingerprint density at radius 1 is 0.355 bits per heavy atom. The summed E-state index contributed by atoms with van der Waals surface area (Å²) in [5.74, 6) is 14.9. The summed E-state index contributed by atoms with van der Waals surface area (Å²) in [5, 5.41) is 34.4. The molecule has 0 unspecified atom stereocenters. The van der Waals surface area contributed by atoms with E-state index in [0.29, 0.717) is 39.3 Å². The molecule has 0 aliphatic rings. The number of alkyl carbamates (subject to hydrolysis) is 7. The van der Waals surface area contributed by atoms with Crippen LogP contribution in [0.25, 0.3) is 0 Å². The Hall–Kier alpha value is -12.4. The number of imidazole rings is 2. The predicted molar refractivity (Wildman–Crippen MR) is 413 cm³/mol. The number of benzene rings is 5. The molecule has 0 radical (unpaired) electrons. The van der Waals surface area contributed by atoms with E-state index in [9.17, 15) is 38.4 Å². The Kier molecular flexibility index (Phi) is 44.7. The minimum absolute atomic E-state index is 0. The average molecular weight is 1520 g/mol. The molecule has 15 N–H and O–H groups in total. The van der Waals surface area contributed by atoms with Crippen molar-refractivity contribution in [2.45, 2.75) is 152 Å². The monoisotopic (exact) mass is 1520 g/mol. The first-order chi connectivity index (χ1) is 52.0. The number of aliphatic hydroxyl groups excluding tert-OH is 2. The molecule has 2 aromatic heterocycles. The molecule has 2 heterocycles. The molecule has 0 bridgehead atoms. The summed E-state index contributed by atoms with van der Waals surface area (Å²) in [6.07, 6.45) is 5.27. The summed E-state index contributed by atoms with van der Waals surface area (Å²) in [7, 11) is 0. The Bertz CT molecular complexity index is 3920. The minimum atomic E-state index is -0.654. The van der Waals surface area contributed by atoms with Crippen LogP contribution in [0.2, 0.25) is 0 Å². The van der Waals surface area contributed by atoms with E-state index in [1.807, 2.05) is 142 Å². The average Bonchev–Trinajstić information content (AvgIpc) is 1.76. The van der Waals surface area contributed by atoms with Crippen LogP contribution in [0.3, 0.4) is 0 Å². The van der Waals surface area contributed by atoms with Crippen molar-refractivity contribution < 1.29 is 81.7 Å². The maximum Gasteiger partial charge on any atom is 0.408 e. The number of amides is 7. The smallest absolute Gasteiger partial charge is 0.408 e. The standard InChI is InChI=1S/C32H42N4O8.C22H26N4O4.C13H20N2O2.C7H6N4O.C4H6O2.CH4/c1-31(2,3)43-29(39)35-21-25-13-9-11-23(17-25)19-33-27(37)41-15-7-8-16-42-28(38)34-20-24-12-10-14-26(18-24)22-36-30(40)44-32(4,5)6;23-13-17-5-3-7-19(11-17)15-25-21(27)29-9-1-2-10-30-22(28)26-16-20-8-4-6-18(12-20)14-24;1-13(2,3)17-12(16)15-9-11-6-4-5-10(7-11)8-14;12-7(10-3-1-8-5-10)11-4-2-9-6-11;5-3-1-2-4-6;/h9-14,17-18H,15-16,19-22H2,1-6H3,(H,33,37)(H,34,38)(H,35,39)(H,36,40);3-8,11-12H,9-10,13-16,23-24H2,(H,25,27)(H,26,28);4-7H,8-9,14H2,1-3H3,(H,15,16);1-6H;5-6H,3-4H2;1H4. The van der Waals surface area contributed by atoms with Gasteiger partial charge in [0.05, 0.1) is 0 Å². The molecule has 7 rings (SSSR count). The van der Waals surface area contributed by atoms with Gasteiger partial charge in [0, 0.05) is 90.2 Å². The predicted octanol–water partition coefficient (Wildman–Crippen LogP) is 9.03. The normalized spacial score (nSPS) is 10.1. The molecular weight excluding hydrogens is 1420 g/mol. The summed E-state index contributed by atoms with van der Waals surface area (Å²) in [4.78, 5) is 101. The number of nitrogens with zero attached hydrogens (tertiary/aromatic N) is 4. The Labute approximate surface area is 642 Å². The third kappa shape index (κ3) is 45.8. The van der Waals surface area contributed by atoms with Crippen molar-refractivity contribution in [3.05, 3.63) is 214 Å². The fraction of sp³-hybridized carbons (Fsp3) is 0.367. The van der Waals surface area contributed by atoms with Crippen LogP contribution in [0, 0.1) is 35.5 Å². The lowest BCUT2D eigenvalue weighted by molar-refractivity contribution is 0.0512. The van der Waals surface area contributed by atoms with Gasteiger partial charge in [-0.3, -0.25) is 9.13 Å². The van der Waals surface area contributed by atoms with E-state index < -0.39 is 59.5 Å². The lowest BCUT2D eigenvalue weighted by atomic mass is 10.1. The van der Waals surface area contributed by atoms with E-state index in [4.69, 9.17) is 60.6 Å². The maximum absolute atomic E-state index is 12.0. The fourth-order valence-corrected chi connectivity index (χ4v) is 8.27. The third-order valence-corrected chi connectivity index (χ3v) is 13.0. The van der Waals surface area contributed by atoms with Crippen LogP contribution < -0.4 is 54.4 Å². The van der Waals surface area contributed by atoms with Gasteiger partial charge < -0.3 is 97.8 Å². The van der Waals surface area contributed by atoms with E-state index >= 15 is 0 Å². The van der Waals surface area contributed by atoms with Gasteiger partial charge in [-0.15, -0.1) is 0 Å². The summed E-state index contributed by atoms with van der Waals surface area (Å²) < 4.78 is 38.2. The van der Waals surface area contributed by atoms with Crippen molar-refractivity contribution in [2.24, 2.45) is 17.2 Å². The number of aromatic nitrogens is 4. The molecule has 0 saturated heterocycles. The van der Waals surface area contributed by atoms with Crippen LogP contribution >= 0.6 is 0 Å². The molecule has 31 nitrogen and oxygen atoms in total. The van der Waals surface area contributed by atoms with Gasteiger partial charge in [-0.05, 0) is 118 Å². The van der Waals surface area contributed by atoms with Crippen molar-refractivity contribution in [2.75, 3.05) is 39.6 Å². The number of hydrogen-bond donors (Lipinski definition) is 12. The number of nitrogens with two attached hydrogens (primary N) is 3. The van der Waals surface area contributed by atoms with E-state index in [2.05, 4.69) is 82.7 Å². The van der Waals surface area contributed by atoms with Crippen molar-refractivity contribution in [1.82, 2.24) is 56.3 Å². The van der Waals surface area contributed by atoms with Crippen molar-refractivity contribution in [3.63, 3.8) is 0 Å². The SMILES string of the molecule is C.CC(C)(C)OC(=O)NCc1cccc(CN)c1.CC(C)(C)OC(=O)NCc1cccc(CNC(=O)OCC#CCOC(=O)NCc2cccc(CNC(=O)OC(C)(C)C)c2)c1.NCc1cccc(CNC(=O)OCC#CCOC(=O)NCc2cccc(CN)c2)c1.O=C(n1ccnc1)n1ccnc1.OCC#CCO. The number of carbonyl (C=O) groups excluding carboxylic acids is 8. The number of ether oxygens (including phenoxy) is 7. The first-order valence-electron chi connectivity index (χ1n) is 34.1. The van der Waals surface area contributed by atoms with E-state index in [-0.39, 0.29) is 79.3 Å². The Morgan fingerprint density at radius 2 is 0.564 bits per heavy atom. The molecule has 5 aromatic carbocycles. The molecule has 0 saturated carbocycles. The molecule has 110 heavy (non-hydrogen) atoms. The minimum Gasteiger partial charge on any atom is -0.444 e. The molecule has 592 valence electrons. The number of carbonyl (C=O) groups is 8. The second kappa shape index (κ2) is 52.5. The first-order valence-corrected chi connectivity index (χ1v) is 34.1. The second-order valence-electron chi connectivity index (χ2n) is 25.6.